The molecule has 3 atom stereocenters. The van der Waals surface area contributed by atoms with Crippen LogP contribution in [0.15, 0.2) is 109 Å². The van der Waals surface area contributed by atoms with Gasteiger partial charge in [0.05, 0.1) is 32.0 Å². The van der Waals surface area contributed by atoms with Crippen LogP contribution in [0.3, 0.4) is 0 Å². The Bertz CT molecular complexity index is 1460. The van der Waals surface area contributed by atoms with Crippen molar-refractivity contribution in [3.8, 4) is 0 Å². The van der Waals surface area contributed by atoms with E-state index in [9.17, 15) is 13.2 Å². The maximum atomic E-state index is 13.4. The fourth-order valence-corrected chi connectivity index (χ4v) is 6.56. The molecule has 0 aliphatic carbocycles. The molecular weight excluding hydrogens is 603 g/mol. The van der Waals surface area contributed by atoms with Crippen LogP contribution in [0, 0.1) is 5.92 Å². The third kappa shape index (κ3) is 9.41. The van der Waals surface area contributed by atoms with Gasteiger partial charge in [-0.1, -0.05) is 97.1 Å². The summed E-state index contributed by atoms with van der Waals surface area (Å²) in [7, 11) is 0. The van der Waals surface area contributed by atoms with Gasteiger partial charge in [0, 0.05) is 32.7 Å². The number of hydrogen-bond acceptors (Lipinski definition) is 6. The van der Waals surface area contributed by atoms with Gasteiger partial charge < -0.3 is 19.1 Å². The Morgan fingerprint density at radius 2 is 1.17 bits per heavy atom. The van der Waals surface area contributed by atoms with E-state index in [0.717, 1.165) is 42.1 Å². The molecule has 1 aromatic heterocycles. The summed E-state index contributed by atoms with van der Waals surface area (Å²) in [5.74, 6) is 0.636. The van der Waals surface area contributed by atoms with Crippen molar-refractivity contribution in [3.63, 3.8) is 0 Å². The molecule has 47 heavy (non-hydrogen) atoms. The lowest BCUT2D eigenvalue weighted by Gasteiger charge is -2.45. The minimum Gasteiger partial charge on any atom is -0.369 e. The number of pyridine rings is 1. The van der Waals surface area contributed by atoms with Crippen molar-refractivity contribution in [3.05, 3.63) is 132 Å². The van der Waals surface area contributed by atoms with E-state index in [0.29, 0.717) is 51.8 Å². The Morgan fingerprint density at radius 1 is 0.638 bits per heavy atom. The molecule has 2 aliphatic heterocycles. The SMILES string of the molecule is FC(F)(F)c1cccc(N2CCC[C@@H](CN3C[C@H](OCc4ccccc4)C(OCc4ccccc4)[C@@H](OCc4ccccc4)C3)C2)n1. The number of halogens is 3. The van der Waals surface area contributed by atoms with Crippen LogP contribution in [0.5, 0.6) is 0 Å². The van der Waals surface area contributed by atoms with Crippen LogP contribution in [-0.2, 0) is 40.2 Å². The number of aromatic nitrogens is 1. The van der Waals surface area contributed by atoms with Gasteiger partial charge in [-0.05, 0) is 47.6 Å². The first-order valence-corrected chi connectivity index (χ1v) is 16.4. The quantitative estimate of drug-likeness (QED) is 0.160. The summed E-state index contributed by atoms with van der Waals surface area (Å²) in [4.78, 5) is 8.35. The zero-order valence-electron chi connectivity index (χ0n) is 26.5. The van der Waals surface area contributed by atoms with Crippen molar-refractivity contribution < 1.29 is 27.4 Å². The summed E-state index contributed by atoms with van der Waals surface area (Å²) >= 11 is 0. The number of rotatable bonds is 12. The highest BCUT2D eigenvalue weighted by Gasteiger charge is 2.40. The van der Waals surface area contributed by atoms with Gasteiger partial charge in [-0.2, -0.15) is 13.2 Å². The maximum Gasteiger partial charge on any atom is 0.433 e. The summed E-state index contributed by atoms with van der Waals surface area (Å²) in [5, 5.41) is 0. The van der Waals surface area contributed by atoms with Gasteiger partial charge in [0.2, 0.25) is 0 Å². The van der Waals surface area contributed by atoms with Gasteiger partial charge in [-0.25, -0.2) is 4.98 Å². The Balaban J connectivity index is 1.19. The number of likely N-dealkylation sites (tertiary alicyclic amines) is 1. The fourth-order valence-electron chi connectivity index (χ4n) is 6.56. The zero-order valence-corrected chi connectivity index (χ0v) is 26.5. The fraction of sp³-hybridized carbons (Fsp3) is 0.395. The Hall–Kier alpha value is -3.76. The summed E-state index contributed by atoms with van der Waals surface area (Å²) in [6.45, 7) is 4.78. The first-order valence-electron chi connectivity index (χ1n) is 16.4. The largest absolute Gasteiger partial charge is 0.433 e. The molecule has 6 rings (SSSR count). The maximum absolute atomic E-state index is 13.4. The van der Waals surface area contributed by atoms with E-state index >= 15 is 0 Å². The van der Waals surface area contributed by atoms with E-state index in [4.69, 9.17) is 14.2 Å². The first-order chi connectivity index (χ1) is 22.9. The molecule has 2 saturated heterocycles. The molecule has 6 nitrogen and oxygen atoms in total. The van der Waals surface area contributed by atoms with Gasteiger partial charge >= 0.3 is 6.18 Å². The molecule has 3 heterocycles. The smallest absolute Gasteiger partial charge is 0.369 e. The van der Waals surface area contributed by atoms with E-state index in [1.54, 1.807) is 6.07 Å². The molecule has 0 saturated carbocycles. The van der Waals surface area contributed by atoms with Crippen LogP contribution in [0.25, 0.3) is 0 Å². The third-order valence-electron chi connectivity index (χ3n) is 8.89. The van der Waals surface area contributed by atoms with Gasteiger partial charge in [0.1, 0.15) is 17.6 Å². The first kappa shape index (κ1) is 33.2. The third-order valence-corrected chi connectivity index (χ3v) is 8.89. The van der Waals surface area contributed by atoms with E-state index in [2.05, 4.69) is 46.3 Å². The van der Waals surface area contributed by atoms with Gasteiger partial charge in [0.15, 0.2) is 0 Å². The molecule has 0 bridgehead atoms. The van der Waals surface area contributed by atoms with Crippen molar-refractivity contribution in [1.82, 2.24) is 9.88 Å². The summed E-state index contributed by atoms with van der Waals surface area (Å²) < 4.78 is 60.1. The van der Waals surface area contributed by atoms with E-state index in [-0.39, 0.29) is 24.2 Å². The van der Waals surface area contributed by atoms with E-state index in [1.807, 2.05) is 59.5 Å². The Labute approximate surface area is 275 Å². The highest BCUT2D eigenvalue weighted by Crippen LogP contribution is 2.31. The number of alkyl halides is 3. The topological polar surface area (TPSA) is 47.1 Å². The second-order valence-electron chi connectivity index (χ2n) is 12.5. The highest BCUT2D eigenvalue weighted by molar-refractivity contribution is 5.40. The van der Waals surface area contributed by atoms with Crippen molar-refractivity contribution >= 4 is 5.82 Å². The van der Waals surface area contributed by atoms with Crippen LogP contribution in [0.4, 0.5) is 19.0 Å². The Kier molecular flexibility index (Phi) is 11.2. The highest BCUT2D eigenvalue weighted by atomic mass is 19.4. The van der Waals surface area contributed by atoms with Crippen molar-refractivity contribution in [2.24, 2.45) is 5.92 Å². The second kappa shape index (κ2) is 15.9. The average Bonchev–Trinajstić information content (AvgIpc) is 3.10. The summed E-state index contributed by atoms with van der Waals surface area (Å²) in [6.07, 6.45) is -3.39. The minimum atomic E-state index is -4.47. The summed E-state index contributed by atoms with van der Waals surface area (Å²) in [6, 6.07) is 34.5. The molecular formula is C38H42F3N3O3. The Morgan fingerprint density at radius 3 is 1.70 bits per heavy atom. The predicted molar refractivity (Wildman–Crippen MR) is 176 cm³/mol. The van der Waals surface area contributed by atoms with Crippen LogP contribution >= 0.6 is 0 Å². The monoisotopic (exact) mass is 645 g/mol. The molecule has 0 N–H and O–H groups in total. The second-order valence-corrected chi connectivity index (χ2v) is 12.5. The van der Waals surface area contributed by atoms with Crippen molar-refractivity contribution in [2.75, 3.05) is 37.6 Å². The zero-order chi connectivity index (χ0) is 32.5. The van der Waals surface area contributed by atoms with Crippen molar-refractivity contribution in [2.45, 2.75) is 57.2 Å². The average molecular weight is 646 g/mol. The number of nitrogens with zero attached hydrogens (tertiary/aromatic N) is 3. The number of benzene rings is 3. The van der Waals surface area contributed by atoms with Crippen LogP contribution in [-0.4, -0.2) is 60.9 Å². The van der Waals surface area contributed by atoms with Gasteiger partial charge in [-0.3, -0.25) is 4.90 Å². The van der Waals surface area contributed by atoms with E-state index < -0.39 is 11.9 Å². The number of ether oxygens (including phenoxy) is 3. The number of anilines is 1. The van der Waals surface area contributed by atoms with Crippen LogP contribution in [0.2, 0.25) is 0 Å². The lowest BCUT2D eigenvalue weighted by Crippen LogP contribution is -2.59. The van der Waals surface area contributed by atoms with Crippen LogP contribution < -0.4 is 4.90 Å². The molecule has 2 aliphatic rings. The predicted octanol–water partition coefficient (Wildman–Crippen LogP) is 7.39. The molecule has 9 heteroatoms. The normalized spacial score (nSPS) is 21.2. The van der Waals surface area contributed by atoms with Crippen LogP contribution in [0.1, 0.15) is 35.2 Å². The standard InChI is InChI=1S/C38H42F3N3O3/c39-38(40,41)35-19-10-20-36(42-35)44-21-11-18-32(23-44)22-43-24-33(45-26-29-12-4-1-5-13-29)37(47-28-31-16-8-3-9-17-31)34(25-43)46-27-30-14-6-2-7-15-30/h1-10,12-17,19-20,32-34,37H,11,18,21-28H2/t32-,33-,34-/m0/s1. The molecule has 248 valence electrons. The molecule has 4 aromatic rings. The number of piperidine rings is 2. The van der Waals surface area contributed by atoms with Crippen molar-refractivity contribution in [1.29, 1.82) is 0 Å². The van der Waals surface area contributed by atoms with E-state index in [1.165, 1.54) is 6.07 Å². The molecule has 2 fully saturated rings. The number of hydrogen-bond donors (Lipinski definition) is 0. The lowest BCUT2D eigenvalue weighted by molar-refractivity contribution is -0.185. The van der Waals surface area contributed by atoms with Gasteiger partial charge in [-0.15, -0.1) is 0 Å². The molecule has 0 unspecified atom stereocenters. The summed E-state index contributed by atoms with van der Waals surface area (Å²) in [5.41, 5.74) is 2.41. The molecule has 3 aromatic carbocycles. The van der Waals surface area contributed by atoms with Gasteiger partial charge in [0.25, 0.3) is 0 Å². The minimum absolute atomic E-state index is 0.252. The molecule has 0 spiro atoms. The molecule has 0 amide bonds. The lowest BCUT2D eigenvalue weighted by atomic mass is 9.94. The molecule has 0 radical (unpaired) electrons.